The topological polar surface area (TPSA) is 76.5 Å². The molecule has 25 heavy (non-hydrogen) atoms. The zero-order chi connectivity index (χ0) is 17.8. The minimum atomic E-state index is -0.199. The van der Waals surface area contributed by atoms with Crippen LogP contribution in [0.3, 0.4) is 0 Å². The highest BCUT2D eigenvalue weighted by molar-refractivity contribution is 7.09. The van der Waals surface area contributed by atoms with E-state index in [4.69, 9.17) is 4.74 Å². The van der Waals surface area contributed by atoms with Crippen molar-refractivity contribution in [3.05, 3.63) is 40.1 Å². The Morgan fingerprint density at radius 2 is 2.28 bits per heavy atom. The molecule has 2 aromatic heterocycles. The van der Waals surface area contributed by atoms with Crippen molar-refractivity contribution >= 4 is 23.2 Å². The summed E-state index contributed by atoms with van der Waals surface area (Å²) in [5, 5.41) is 4.86. The summed E-state index contributed by atoms with van der Waals surface area (Å²) in [5.74, 6) is 0.486. The normalized spacial score (nSPS) is 16.6. The molecule has 1 aliphatic rings. The maximum atomic E-state index is 12.3. The Morgan fingerprint density at radius 3 is 3.00 bits per heavy atom. The molecular weight excluding hydrogens is 340 g/mol. The van der Waals surface area contributed by atoms with Gasteiger partial charge in [-0.05, 0) is 25.3 Å². The van der Waals surface area contributed by atoms with Gasteiger partial charge in [-0.2, -0.15) is 0 Å². The fourth-order valence-electron chi connectivity index (χ4n) is 2.88. The average Bonchev–Trinajstić information content (AvgIpc) is 3.27. The maximum absolute atomic E-state index is 12.3. The molecule has 134 valence electrons. The van der Waals surface area contributed by atoms with Crippen LogP contribution >= 0.6 is 11.3 Å². The van der Waals surface area contributed by atoms with Crippen molar-refractivity contribution in [3.63, 3.8) is 0 Å². The molecule has 0 radical (unpaired) electrons. The number of rotatable bonds is 6. The lowest BCUT2D eigenvalue weighted by molar-refractivity contribution is -0.139. The number of carbonyl (C=O) groups is 2. The molecule has 0 spiro atoms. The van der Waals surface area contributed by atoms with Crippen molar-refractivity contribution in [2.75, 3.05) is 19.8 Å². The first-order valence-corrected chi connectivity index (χ1v) is 9.23. The molecule has 0 saturated carbocycles. The lowest BCUT2D eigenvalue weighted by atomic mass is 10.2. The van der Waals surface area contributed by atoms with E-state index < -0.39 is 0 Å². The lowest BCUT2D eigenvalue weighted by Crippen LogP contribution is -2.42. The van der Waals surface area contributed by atoms with Crippen molar-refractivity contribution in [2.24, 2.45) is 0 Å². The van der Waals surface area contributed by atoms with Crippen LogP contribution in [-0.2, 0) is 22.6 Å². The number of hydrogen-bond donors (Lipinski definition) is 1. The van der Waals surface area contributed by atoms with Gasteiger partial charge in [0, 0.05) is 30.8 Å². The van der Waals surface area contributed by atoms with Gasteiger partial charge in [-0.25, -0.2) is 4.98 Å². The first-order valence-electron chi connectivity index (χ1n) is 8.35. The Hall–Kier alpha value is -2.19. The molecule has 3 heterocycles. The second-order valence-corrected chi connectivity index (χ2v) is 6.87. The monoisotopic (exact) mass is 362 g/mol. The molecule has 0 saturated heterocycles. The smallest absolute Gasteiger partial charge is 0.271 e. The SMILES string of the molecule is CCOCC(=O)N1CCn2cc(C(=O)NCc3cccs3)nc2C1C. The second kappa shape index (κ2) is 7.79. The van der Waals surface area contributed by atoms with E-state index in [1.165, 1.54) is 0 Å². The van der Waals surface area contributed by atoms with Crippen LogP contribution in [0.5, 0.6) is 0 Å². The van der Waals surface area contributed by atoms with E-state index in [1.54, 1.807) is 22.4 Å². The van der Waals surface area contributed by atoms with Gasteiger partial charge in [0.2, 0.25) is 5.91 Å². The van der Waals surface area contributed by atoms with Gasteiger partial charge in [-0.3, -0.25) is 9.59 Å². The molecule has 0 aromatic carbocycles. The Morgan fingerprint density at radius 1 is 1.44 bits per heavy atom. The molecule has 0 fully saturated rings. The largest absolute Gasteiger partial charge is 0.372 e. The number of imidazole rings is 1. The average molecular weight is 362 g/mol. The molecule has 1 atom stereocenters. The van der Waals surface area contributed by atoms with Gasteiger partial charge >= 0.3 is 0 Å². The highest BCUT2D eigenvalue weighted by Gasteiger charge is 2.30. The minimum Gasteiger partial charge on any atom is -0.372 e. The molecule has 1 N–H and O–H groups in total. The number of ether oxygens (including phenoxy) is 1. The van der Waals surface area contributed by atoms with Gasteiger partial charge in [0.25, 0.3) is 5.91 Å². The van der Waals surface area contributed by atoms with Crippen LogP contribution in [-0.4, -0.2) is 46.0 Å². The Bertz CT molecular complexity index is 741. The zero-order valence-corrected chi connectivity index (χ0v) is 15.2. The van der Waals surface area contributed by atoms with Crippen molar-refractivity contribution in [2.45, 2.75) is 33.0 Å². The summed E-state index contributed by atoms with van der Waals surface area (Å²) in [6.45, 7) is 6.09. The van der Waals surface area contributed by atoms with E-state index in [-0.39, 0.29) is 24.5 Å². The van der Waals surface area contributed by atoms with E-state index in [0.717, 1.165) is 10.7 Å². The molecule has 0 aliphatic carbocycles. The van der Waals surface area contributed by atoms with Crippen LogP contribution in [0.15, 0.2) is 23.7 Å². The van der Waals surface area contributed by atoms with E-state index in [0.29, 0.717) is 31.9 Å². The highest BCUT2D eigenvalue weighted by atomic mass is 32.1. The number of aromatic nitrogens is 2. The molecule has 7 nitrogen and oxygen atoms in total. The molecule has 0 bridgehead atoms. The number of fused-ring (bicyclic) bond motifs is 1. The van der Waals surface area contributed by atoms with Gasteiger partial charge in [0.1, 0.15) is 18.1 Å². The number of amides is 2. The summed E-state index contributed by atoms with van der Waals surface area (Å²) in [7, 11) is 0. The third-order valence-electron chi connectivity index (χ3n) is 4.22. The summed E-state index contributed by atoms with van der Waals surface area (Å²) in [4.78, 5) is 31.9. The second-order valence-electron chi connectivity index (χ2n) is 5.84. The third kappa shape index (κ3) is 3.91. The molecule has 1 aliphatic heterocycles. The quantitative estimate of drug-likeness (QED) is 0.850. The van der Waals surface area contributed by atoms with Crippen LogP contribution in [0, 0.1) is 0 Å². The summed E-state index contributed by atoms with van der Waals surface area (Å²) >= 11 is 1.60. The van der Waals surface area contributed by atoms with Gasteiger partial charge in [0.05, 0.1) is 12.6 Å². The number of nitrogens with zero attached hydrogens (tertiary/aromatic N) is 3. The highest BCUT2D eigenvalue weighted by Crippen LogP contribution is 2.24. The van der Waals surface area contributed by atoms with Crippen LogP contribution in [0.25, 0.3) is 0 Å². The summed E-state index contributed by atoms with van der Waals surface area (Å²) in [6.07, 6.45) is 1.76. The predicted octanol–water partition coefficient (Wildman–Crippen LogP) is 1.81. The van der Waals surface area contributed by atoms with E-state index >= 15 is 0 Å². The number of thiophene rings is 1. The summed E-state index contributed by atoms with van der Waals surface area (Å²) in [5.41, 5.74) is 0.387. The van der Waals surface area contributed by atoms with Crippen LogP contribution in [0.4, 0.5) is 0 Å². The fraction of sp³-hybridized carbons (Fsp3) is 0.471. The van der Waals surface area contributed by atoms with Crippen molar-refractivity contribution in [1.29, 1.82) is 0 Å². The maximum Gasteiger partial charge on any atom is 0.271 e. The standard InChI is InChI=1S/C17H22N4O3S/c1-3-24-11-15(22)21-7-6-20-10-14(19-16(20)12(21)2)17(23)18-9-13-5-4-8-25-13/h4-5,8,10,12H,3,6-7,9,11H2,1-2H3,(H,18,23). The van der Waals surface area contributed by atoms with E-state index in [1.807, 2.05) is 35.9 Å². The van der Waals surface area contributed by atoms with Gasteiger partial charge in [-0.15, -0.1) is 11.3 Å². The van der Waals surface area contributed by atoms with Gasteiger partial charge < -0.3 is 19.5 Å². The van der Waals surface area contributed by atoms with E-state index in [2.05, 4.69) is 10.3 Å². The molecule has 8 heteroatoms. The molecule has 2 amide bonds. The van der Waals surface area contributed by atoms with Gasteiger partial charge in [0.15, 0.2) is 0 Å². The number of hydrogen-bond acceptors (Lipinski definition) is 5. The molecule has 2 aromatic rings. The van der Waals surface area contributed by atoms with Crippen LogP contribution < -0.4 is 5.32 Å². The summed E-state index contributed by atoms with van der Waals surface area (Å²) < 4.78 is 7.17. The minimum absolute atomic E-state index is 0.0488. The van der Waals surface area contributed by atoms with Crippen LogP contribution in [0.1, 0.15) is 41.1 Å². The van der Waals surface area contributed by atoms with Gasteiger partial charge in [-0.1, -0.05) is 6.07 Å². The van der Waals surface area contributed by atoms with Crippen molar-refractivity contribution < 1.29 is 14.3 Å². The zero-order valence-electron chi connectivity index (χ0n) is 14.4. The molecule has 3 rings (SSSR count). The fourth-order valence-corrected chi connectivity index (χ4v) is 3.53. The summed E-state index contributed by atoms with van der Waals surface area (Å²) in [6, 6.07) is 3.75. The number of carbonyl (C=O) groups excluding carboxylic acids is 2. The molecule has 1 unspecified atom stereocenters. The Kier molecular flexibility index (Phi) is 5.50. The Balaban J connectivity index is 1.67. The molecular formula is C17H22N4O3S. The first-order chi connectivity index (χ1) is 12.1. The van der Waals surface area contributed by atoms with E-state index in [9.17, 15) is 9.59 Å². The lowest BCUT2D eigenvalue weighted by Gasteiger charge is -2.33. The van der Waals surface area contributed by atoms with Crippen molar-refractivity contribution in [3.8, 4) is 0 Å². The predicted molar refractivity (Wildman–Crippen MR) is 94.3 cm³/mol. The van der Waals surface area contributed by atoms with Crippen LogP contribution in [0.2, 0.25) is 0 Å². The third-order valence-corrected chi connectivity index (χ3v) is 5.09. The number of nitrogens with one attached hydrogen (secondary N) is 1. The Labute approximate surface area is 150 Å². The van der Waals surface area contributed by atoms with Crippen molar-refractivity contribution in [1.82, 2.24) is 19.8 Å². The first kappa shape index (κ1) is 17.6.